The average molecular weight is 254 g/mol. The topological polar surface area (TPSA) is 58.2 Å². The average Bonchev–Trinajstić information content (AvgIpc) is 3.03. The van der Waals surface area contributed by atoms with Crippen molar-refractivity contribution < 1.29 is 8.42 Å². The van der Waals surface area contributed by atoms with Gasteiger partial charge in [0.05, 0.1) is 4.90 Å². The summed E-state index contributed by atoms with van der Waals surface area (Å²) in [5, 5.41) is 3.32. The second kappa shape index (κ2) is 4.66. The Kier molecular flexibility index (Phi) is 3.40. The van der Waals surface area contributed by atoms with Crippen LogP contribution in [0.1, 0.15) is 13.3 Å². The van der Waals surface area contributed by atoms with Gasteiger partial charge in [0.1, 0.15) is 0 Å². The maximum atomic E-state index is 11.5. The summed E-state index contributed by atoms with van der Waals surface area (Å²) >= 11 is 0. The number of sulfonamides is 1. The van der Waals surface area contributed by atoms with E-state index in [9.17, 15) is 8.42 Å². The molecule has 0 heterocycles. The van der Waals surface area contributed by atoms with Crippen molar-refractivity contribution in [3.05, 3.63) is 24.3 Å². The van der Waals surface area contributed by atoms with Crippen LogP contribution < -0.4 is 10.0 Å². The molecule has 17 heavy (non-hydrogen) atoms. The fourth-order valence-corrected chi connectivity index (χ4v) is 2.53. The van der Waals surface area contributed by atoms with E-state index < -0.39 is 10.0 Å². The van der Waals surface area contributed by atoms with E-state index in [4.69, 9.17) is 0 Å². The zero-order valence-corrected chi connectivity index (χ0v) is 10.9. The van der Waals surface area contributed by atoms with Gasteiger partial charge in [0.2, 0.25) is 10.0 Å². The fourth-order valence-electron chi connectivity index (χ4n) is 1.80. The van der Waals surface area contributed by atoms with E-state index in [1.807, 2.05) is 0 Å². The van der Waals surface area contributed by atoms with Crippen molar-refractivity contribution in [2.24, 2.45) is 11.8 Å². The summed E-state index contributed by atoms with van der Waals surface area (Å²) < 4.78 is 25.3. The summed E-state index contributed by atoms with van der Waals surface area (Å²) in [5.74, 6) is 1.60. The minimum absolute atomic E-state index is 0.297. The first kappa shape index (κ1) is 12.4. The number of nitrogens with one attached hydrogen (secondary N) is 2. The highest BCUT2D eigenvalue weighted by Crippen LogP contribution is 2.37. The van der Waals surface area contributed by atoms with Gasteiger partial charge in [-0.05, 0) is 49.6 Å². The summed E-state index contributed by atoms with van der Waals surface area (Å²) in [6, 6.07) is 6.84. The summed E-state index contributed by atoms with van der Waals surface area (Å²) in [6.07, 6.45) is 1.29. The zero-order chi connectivity index (χ0) is 12.5. The largest absolute Gasteiger partial charge is 0.385 e. The third kappa shape index (κ3) is 2.98. The van der Waals surface area contributed by atoms with Gasteiger partial charge < -0.3 is 5.32 Å². The zero-order valence-electron chi connectivity index (χ0n) is 10.1. The van der Waals surface area contributed by atoms with Gasteiger partial charge in [0.15, 0.2) is 0 Å². The molecular formula is C12H18N2O2S. The third-order valence-corrected chi connectivity index (χ3v) is 4.71. The Morgan fingerprint density at radius 1 is 1.29 bits per heavy atom. The maximum Gasteiger partial charge on any atom is 0.240 e. The molecule has 2 N–H and O–H groups in total. The Morgan fingerprint density at radius 3 is 2.35 bits per heavy atom. The molecule has 2 unspecified atom stereocenters. The number of rotatable bonds is 5. The number of anilines is 1. The summed E-state index contributed by atoms with van der Waals surface area (Å²) in [7, 11) is -1.91. The highest BCUT2D eigenvalue weighted by molar-refractivity contribution is 7.89. The van der Waals surface area contributed by atoms with Gasteiger partial charge in [-0.3, -0.25) is 0 Å². The standard InChI is InChI=1S/C12H18N2O2S/c1-9-7-10(9)8-14-11-3-5-12(6-4-11)17(15,16)13-2/h3-6,9-10,13-14H,7-8H2,1-2H3. The second-order valence-electron chi connectivity index (χ2n) is 4.59. The first-order chi connectivity index (χ1) is 8.03. The summed E-state index contributed by atoms with van der Waals surface area (Å²) in [4.78, 5) is 0.297. The molecule has 1 aliphatic carbocycles. The van der Waals surface area contributed by atoms with E-state index in [0.29, 0.717) is 4.90 Å². The van der Waals surface area contributed by atoms with Crippen molar-refractivity contribution in [3.63, 3.8) is 0 Å². The molecule has 0 radical (unpaired) electrons. The van der Waals surface area contributed by atoms with E-state index in [-0.39, 0.29) is 0 Å². The van der Waals surface area contributed by atoms with Crippen LogP contribution in [0.5, 0.6) is 0 Å². The van der Waals surface area contributed by atoms with Crippen LogP contribution in [0.3, 0.4) is 0 Å². The first-order valence-corrected chi connectivity index (χ1v) is 7.29. The van der Waals surface area contributed by atoms with Crippen LogP contribution in [0.4, 0.5) is 5.69 Å². The normalized spacial score (nSPS) is 23.4. The molecule has 2 rings (SSSR count). The van der Waals surface area contributed by atoms with E-state index in [1.165, 1.54) is 13.5 Å². The highest BCUT2D eigenvalue weighted by Gasteiger charge is 2.31. The molecule has 0 saturated heterocycles. The molecule has 0 aliphatic heterocycles. The van der Waals surface area contributed by atoms with Crippen LogP contribution in [-0.4, -0.2) is 22.0 Å². The minimum Gasteiger partial charge on any atom is -0.385 e. The molecule has 0 spiro atoms. The van der Waals surface area contributed by atoms with Crippen LogP contribution in [0.25, 0.3) is 0 Å². The van der Waals surface area contributed by atoms with Gasteiger partial charge in [0.25, 0.3) is 0 Å². The quantitative estimate of drug-likeness (QED) is 0.840. The Morgan fingerprint density at radius 2 is 1.88 bits per heavy atom. The molecule has 4 nitrogen and oxygen atoms in total. The Bertz CT molecular complexity index is 482. The van der Waals surface area contributed by atoms with Gasteiger partial charge in [0, 0.05) is 12.2 Å². The SMILES string of the molecule is CNS(=O)(=O)c1ccc(NCC2CC2C)cc1. The van der Waals surface area contributed by atoms with E-state index in [1.54, 1.807) is 24.3 Å². The summed E-state index contributed by atoms with van der Waals surface area (Å²) in [5.41, 5.74) is 0.971. The minimum atomic E-state index is -3.32. The van der Waals surface area contributed by atoms with Gasteiger partial charge in [-0.2, -0.15) is 0 Å². The fraction of sp³-hybridized carbons (Fsp3) is 0.500. The molecule has 1 aromatic rings. The lowest BCUT2D eigenvalue weighted by Crippen LogP contribution is -2.18. The van der Waals surface area contributed by atoms with Gasteiger partial charge >= 0.3 is 0 Å². The number of hydrogen-bond acceptors (Lipinski definition) is 3. The molecule has 0 amide bonds. The number of hydrogen-bond donors (Lipinski definition) is 2. The van der Waals surface area contributed by atoms with Crippen molar-refractivity contribution >= 4 is 15.7 Å². The van der Waals surface area contributed by atoms with Crippen LogP contribution in [0.2, 0.25) is 0 Å². The molecule has 1 fully saturated rings. The lowest BCUT2D eigenvalue weighted by atomic mass is 10.3. The predicted octanol–water partition coefficient (Wildman–Crippen LogP) is 1.66. The maximum absolute atomic E-state index is 11.5. The van der Waals surface area contributed by atoms with Crippen LogP contribution in [0, 0.1) is 11.8 Å². The van der Waals surface area contributed by atoms with Crippen molar-refractivity contribution in [1.82, 2.24) is 4.72 Å². The van der Waals surface area contributed by atoms with Gasteiger partial charge in [-0.25, -0.2) is 13.1 Å². The monoisotopic (exact) mass is 254 g/mol. The third-order valence-electron chi connectivity index (χ3n) is 3.28. The Labute approximate surface area is 102 Å². The second-order valence-corrected chi connectivity index (χ2v) is 6.47. The molecule has 2 atom stereocenters. The van der Waals surface area contributed by atoms with Crippen molar-refractivity contribution in [3.8, 4) is 0 Å². The molecular weight excluding hydrogens is 236 g/mol. The lowest BCUT2D eigenvalue weighted by Gasteiger charge is -2.07. The van der Waals surface area contributed by atoms with Crippen LogP contribution >= 0.6 is 0 Å². The number of benzene rings is 1. The van der Waals surface area contributed by atoms with Crippen LogP contribution in [0.15, 0.2) is 29.2 Å². The molecule has 0 bridgehead atoms. The molecule has 1 aromatic carbocycles. The van der Waals surface area contributed by atoms with Crippen LogP contribution in [-0.2, 0) is 10.0 Å². The molecule has 1 aliphatic rings. The van der Waals surface area contributed by atoms with Gasteiger partial charge in [-0.15, -0.1) is 0 Å². The van der Waals surface area contributed by atoms with E-state index in [2.05, 4.69) is 17.0 Å². The van der Waals surface area contributed by atoms with Gasteiger partial charge in [-0.1, -0.05) is 6.92 Å². The van der Waals surface area contributed by atoms with E-state index >= 15 is 0 Å². The molecule has 5 heteroatoms. The smallest absolute Gasteiger partial charge is 0.240 e. The van der Waals surface area contributed by atoms with Crippen molar-refractivity contribution in [1.29, 1.82) is 0 Å². The Balaban J connectivity index is 1.98. The van der Waals surface area contributed by atoms with Crippen molar-refractivity contribution in [2.45, 2.75) is 18.2 Å². The molecule has 0 aromatic heterocycles. The molecule has 1 saturated carbocycles. The lowest BCUT2D eigenvalue weighted by molar-refractivity contribution is 0.588. The summed E-state index contributed by atoms with van der Waals surface area (Å²) in [6.45, 7) is 3.22. The van der Waals surface area contributed by atoms with Crippen molar-refractivity contribution in [2.75, 3.05) is 18.9 Å². The highest BCUT2D eigenvalue weighted by atomic mass is 32.2. The predicted molar refractivity (Wildman–Crippen MR) is 68.4 cm³/mol. The molecule has 94 valence electrons. The Hall–Kier alpha value is -1.07. The van der Waals surface area contributed by atoms with E-state index in [0.717, 1.165) is 24.1 Å². The first-order valence-electron chi connectivity index (χ1n) is 5.80.